The van der Waals surface area contributed by atoms with Gasteiger partial charge in [-0.25, -0.2) is 4.98 Å². The fourth-order valence-electron chi connectivity index (χ4n) is 2.09. The third-order valence-corrected chi connectivity index (χ3v) is 3.27. The van der Waals surface area contributed by atoms with Gasteiger partial charge in [0.25, 0.3) is 5.56 Å². The molecule has 1 heterocycles. The van der Waals surface area contributed by atoms with Crippen molar-refractivity contribution >= 4 is 0 Å². The molecule has 1 aliphatic carbocycles. The van der Waals surface area contributed by atoms with E-state index in [0.717, 1.165) is 17.7 Å². The van der Waals surface area contributed by atoms with Crippen molar-refractivity contribution in [2.24, 2.45) is 5.92 Å². The van der Waals surface area contributed by atoms with Crippen LogP contribution in [0.4, 0.5) is 0 Å². The normalized spacial score (nSPS) is 17.1. The van der Waals surface area contributed by atoms with E-state index in [2.05, 4.69) is 9.97 Å². The van der Waals surface area contributed by atoms with Gasteiger partial charge >= 0.3 is 0 Å². The Morgan fingerprint density at radius 3 is 2.71 bits per heavy atom. The maximum absolute atomic E-state index is 11.8. The molecule has 1 aromatic heterocycles. The van der Waals surface area contributed by atoms with Gasteiger partial charge in [0.05, 0.1) is 5.69 Å². The Kier molecular flexibility index (Phi) is 3.62. The average molecular weight is 236 g/mol. The van der Waals surface area contributed by atoms with E-state index in [1.165, 1.54) is 12.8 Å². The number of hydrogen-bond acceptors (Lipinski definition) is 3. The Balaban J connectivity index is 2.36. The molecule has 0 radical (unpaired) electrons. The van der Waals surface area contributed by atoms with Crippen LogP contribution in [-0.4, -0.2) is 16.6 Å². The van der Waals surface area contributed by atoms with Crippen LogP contribution in [0.1, 0.15) is 49.9 Å². The van der Waals surface area contributed by atoms with Crippen LogP contribution in [0.15, 0.2) is 4.79 Å². The first-order chi connectivity index (χ1) is 8.17. The monoisotopic (exact) mass is 236 g/mol. The van der Waals surface area contributed by atoms with Crippen molar-refractivity contribution in [3.05, 3.63) is 27.4 Å². The quantitative estimate of drug-likeness (QED) is 0.852. The number of H-pyrrole nitrogens is 1. The highest BCUT2D eigenvalue weighted by molar-refractivity contribution is 5.17. The number of nitrogens with one attached hydrogen (secondary N) is 1. The number of nitrogens with zero attached hydrogens (tertiary/aromatic N) is 1. The standard InChI is InChI=1S/C13H20N2O2/c1-4-10-8(3)13(16)15-12(14-10)11(17-5-2)9-6-7-9/h9,11H,4-7H2,1-3H3,(H,14,15,16). The van der Waals surface area contributed by atoms with Gasteiger partial charge in [0.2, 0.25) is 0 Å². The maximum Gasteiger partial charge on any atom is 0.254 e. The fraction of sp³-hybridized carbons (Fsp3) is 0.692. The van der Waals surface area contributed by atoms with E-state index in [1.807, 2.05) is 20.8 Å². The average Bonchev–Trinajstić information content (AvgIpc) is 3.13. The Hall–Kier alpha value is -1.16. The zero-order valence-electron chi connectivity index (χ0n) is 10.7. The Morgan fingerprint density at radius 2 is 2.18 bits per heavy atom. The number of rotatable bonds is 5. The topological polar surface area (TPSA) is 55.0 Å². The summed E-state index contributed by atoms with van der Waals surface area (Å²) in [5, 5.41) is 0. The highest BCUT2D eigenvalue weighted by atomic mass is 16.5. The number of hydrogen-bond donors (Lipinski definition) is 1. The molecule has 0 aromatic carbocycles. The number of aromatic nitrogens is 2. The van der Waals surface area contributed by atoms with Crippen LogP contribution in [0.25, 0.3) is 0 Å². The smallest absolute Gasteiger partial charge is 0.254 e. The highest BCUT2D eigenvalue weighted by Crippen LogP contribution is 2.42. The fourth-order valence-corrected chi connectivity index (χ4v) is 2.09. The number of aromatic amines is 1. The molecule has 1 saturated carbocycles. The summed E-state index contributed by atoms with van der Waals surface area (Å²) in [4.78, 5) is 19.2. The van der Waals surface area contributed by atoms with Crippen LogP contribution in [0.5, 0.6) is 0 Å². The molecule has 17 heavy (non-hydrogen) atoms. The minimum absolute atomic E-state index is 0.0291. The second-order valence-electron chi connectivity index (χ2n) is 4.59. The second-order valence-corrected chi connectivity index (χ2v) is 4.59. The van der Waals surface area contributed by atoms with Crippen LogP contribution in [0.3, 0.4) is 0 Å². The van der Waals surface area contributed by atoms with Gasteiger partial charge in [-0.2, -0.15) is 0 Å². The lowest BCUT2D eigenvalue weighted by Crippen LogP contribution is -2.21. The van der Waals surface area contributed by atoms with Crippen LogP contribution in [0.2, 0.25) is 0 Å². The molecule has 1 N–H and O–H groups in total. The van der Waals surface area contributed by atoms with Crippen molar-refractivity contribution in [2.75, 3.05) is 6.61 Å². The zero-order valence-corrected chi connectivity index (χ0v) is 10.7. The van der Waals surface area contributed by atoms with Crippen molar-refractivity contribution < 1.29 is 4.74 Å². The summed E-state index contributed by atoms with van der Waals surface area (Å²) >= 11 is 0. The molecule has 1 aromatic rings. The van der Waals surface area contributed by atoms with Crippen molar-refractivity contribution in [2.45, 2.75) is 46.1 Å². The summed E-state index contributed by atoms with van der Waals surface area (Å²) in [7, 11) is 0. The van der Waals surface area contributed by atoms with E-state index in [-0.39, 0.29) is 11.7 Å². The van der Waals surface area contributed by atoms with Gasteiger partial charge in [-0.15, -0.1) is 0 Å². The van der Waals surface area contributed by atoms with E-state index >= 15 is 0 Å². The molecule has 4 nitrogen and oxygen atoms in total. The third-order valence-electron chi connectivity index (χ3n) is 3.27. The summed E-state index contributed by atoms with van der Waals surface area (Å²) in [5.41, 5.74) is 1.58. The zero-order chi connectivity index (χ0) is 12.4. The summed E-state index contributed by atoms with van der Waals surface area (Å²) in [6.07, 6.45) is 3.10. The lowest BCUT2D eigenvalue weighted by molar-refractivity contribution is 0.0397. The van der Waals surface area contributed by atoms with E-state index in [0.29, 0.717) is 18.3 Å². The summed E-state index contributed by atoms with van der Waals surface area (Å²) < 4.78 is 5.71. The molecule has 1 atom stereocenters. The van der Waals surface area contributed by atoms with Gasteiger partial charge in [0.1, 0.15) is 11.9 Å². The van der Waals surface area contributed by atoms with Gasteiger partial charge in [-0.3, -0.25) is 4.79 Å². The molecule has 0 saturated heterocycles. The SMILES string of the molecule is CCOC(c1nc(CC)c(C)c(=O)[nH]1)C1CC1. The van der Waals surface area contributed by atoms with Gasteiger partial charge in [-0.1, -0.05) is 6.92 Å². The van der Waals surface area contributed by atoms with E-state index in [1.54, 1.807) is 0 Å². The lowest BCUT2D eigenvalue weighted by atomic mass is 10.1. The van der Waals surface area contributed by atoms with Crippen LogP contribution < -0.4 is 5.56 Å². The first kappa shape index (κ1) is 12.3. The van der Waals surface area contributed by atoms with E-state index < -0.39 is 0 Å². The summed E-state index contributed by atoms with van der Waals surface area (Å²) in [6, 6.07) is 0. The molecular weight excluding hydrogens is 216 g/mol. The Labute approximate surface area is 101 Å². The predicted molar refractivity (Wildman–Crippen MR) is 66.1 cm³/mol. The lowest BCUT2D eigenvalue weighted by Gasteiger charge is -2.16. The summed E-state index contributed by atoms with van der Waals surface area (Å²) in [5.74, 6) is 1.24. The molecular formula is C13H20N2O2. The van der Waals surface area contributed by atoms with Gasteiger partial charge in [-0.05, 0) is 39.0 Å². The van der Waals surface area contributed by atoms with Crippen LogP contribution in [-0.2, 0) is 11.2 Å². The molecule has 0 spiro atoms. The van der Waals surface area contributed by atoms with Gasteiger partial charge < -0.3 is 9.72 Å². The highest BCUT2D eigenvalue weighted by Gasteiger charge is 2.34. The third kappa shape index (κ3) is 2.57. The molecule has 1 unspecified atom stereocenters. The second kappa shape index (κ2) is 5.00. The molecule has 1 aliphatic rings. The minimum Gasteiger partial charge on any atom is -0.370 e. The number of aryl methyl sites for hydroxylation is 1. The minimum atomic E-state index is -0.0304. The molecule has 1 fully saturated rings. The molecule has 94 valence electrons. The largest absolute Gasteiger partial charge is 0.370 e. The predicted octanol–water partition coefficient (Wildman–Crippen LogP) is 2.13. The Morgan fingerprint density at radius 1 is 1.47 bits per heavy atom. The molecule has 2 rings (SSSR count). The molecule has 4 heteroatoms. The molecule has 0 amide bonds. The molecule has 0 bridgehead atoms. The van der Waals surface area contributed by atoms with Crippen molar-refractivity contribution in [1.29, 1.82) is 0 Å². The summed E-state index contributed by atoms with van der Waals surface area (Å²) in [6.45, 7) is 6.47. The van der Waals surface area contributed by atoms with Crippen molar-refractivity contribution in [1.82, 2.24) is 9.97 Å². The maximum atomic E-state index is 11.8. The van der Waals surface area contributed by atoms with Crippen molar-refractivity contribution in [3.63, 3.8) is 0 Å². The number of ether oxygens (including phenoxy) is 1. The van der Waals surface area contributed by atoms with E-state index in [9.17, 15) is 4.79 Å². The van der Waals surface area contributed by atoms with Crippen LogP contribution >= 0.6 is 0 Å². The van der Waals surface area contributed by atoms with Gasteiger partial charge in [0, 0.05) is 12.2 Å². The first-order valence-corrected chi connectivity index (χ1v) is 6.38. The Bertz CT molecular complexity index is 449. The van der Waals surface area contributed by atoms with E-state index in [4.69, 9.17) is 4.74 Å². The van der Waals surface area contributed by atoms with Crippen LogP contribution in [0, 0.1) is 12.8 Å². The van der Waals surface area contributed by atoms with Crippen molar-refractivity contribution in [3.8, 4) is 0 Å². The first-order valence-electron chi connectivity index (χ1n) is 6.38. The van der Waals surface area contributed by atoms with Gasteiger partial charge in [0.15, 0.2) is 0 Å². The molecule has 0 aliphatic heterocycles.